The summed E-state index contributed by atoms with van der Waals surface area (Å²) in [6, 6.07) is 13.8. The molecular formula is C19H18N2O3S. The van der Waals surface area contributed by atoms with Gasteiger partial charge in [-0.1, -0.05) is 6.92 Å². The Morgan fingerprint density at radius 2 is 1.96 bits per heavy atom. The largest absolute Gasteiger partial charge is 0.494 e. The molecule has 1 aromatic heterocycles. The van der Waals surface area contributed by atoms with Crippen LogP contribution in [0.15, 0.2) is 47.8 Å². The molecule has 5 nitrogen and oxygen atoms in total. The van der Waals surface area contributed by atoms with Crippen LogP contribution in [0, 0.1) is 0 Å². The van der Waals surface area contributed by atoms with Gasteiger partial charge in [-0.2, -0.15) is 0 Å². The quantitative estimate of drug-likeness (QED) is 0.670. The fourth-order valence-electron chi connectivity index (χ4n) is 2.50. The molecule has 1 aliphatic heterocycles. The summed E-state index contributed by atoms with van der Waals surface area (Å²) >= 11 is 1.57. The molecule has 128 valence electrons. The van der Waals surface area contributed by atoms with Gasteiger partial charge in [-0.25, -0.2) is 4.98 Å². The Kier molecular flexibility index (Phi) is 4.43. The normalized spacial score (nSPS) is 12.2. The molecular weight excluding hydrogens is 336 g/mol. The summed E-state index contributed by atoms with van der Waals surface area (Å²) in [4.78, 5) is 4.66. The molecule has 3 aromatic rings. The van der Waals surface area contributed by atoms with E-state index in [-0.39, 0.29) is 6.79 Å². The molecule has 0 saturated carbocycles. The van der Waals surface area contributed by atoms with Crippen LogP contribution in [0.25, 0.3) is 11.3 Å². The molecule has 2 heterocycles. The minimum absolute atomic E-state index is 0.276. The Morgan fingerprint density at radius 3 is 2.80 bits per heavy atom. The summed E-state index contributed by atoms with van der Waals surface area (Å²) in [6.45, 7) is 3.11. The second kappa shape index (κ2) is 7.03. The zero-order valence-electron chi connectivity index (χ0n) is 13.8. The van der Waals surface area contributed by atoms with E-state index in [4.69, 9.17) is 14.2 Å². The Bertz CT molecular complexity index is 861. The van der Waals surface area contributed by atoms with Gasteiger partial charge in [0.2, 0.25) is 6.79 Å². The molecule has 0 radical (unpaired) electrons. The van der Waals surface area contributed by atoms with Crippen molar-refractivity contribution in [1.29, 1.82) is 0 Å². The third-order valence-corrected chi connectivity index (χ3v) is 4.51. The number of rotatable bonds is 6. The Balaban J connectivity index is 1.46. The van der Waals surface area contributed by atoms with Crippen molar-refractivity contribution in [3.05, 3.63) is 47.8 Å². The average molecular weight is 354 g/mol. The Hall–Kier alpha value is -2.73. The third-order valence-electron chi connectivity index (χ3n) is 3.75. The fraction of sp³-hybridized carbons (Fsp3) is 0.211. The van der Waals surface area contributed by atoms with E-state index in [1.54, 1.807) is 11.3 Å². The van der Waals surface area contributed by atoms with Crippen molar-refractivity contribution in [2.75, 3.05) is 18.7 Å². The lowest BCUT2D eigenvalue weighted by Crippen LogP contribution is -1.94. The topological polar surface area (TPSA) is 52.6 Å². The predicted molar refractivity (Wildman–Crippen MR) is 99.2 cm³/mol. The monoisotopic (exact) mass is 354 g/mol. The number of benzene rings is 2. The maximum Gasteiger partial charge on any atom is 0.231 e. The van der Waals surface area contributed by atoms with Gasteiger partial charge in [0.25, 0.3) is 0 Å². The fourth-order valence-corrected chi connectivity index (χ4v) is 3.24. The van der Waals surface area contributed by atoms with Gasteiger partial charge in [-0.3, -0.25) is 0 Å². The van der Waals surface area contributed by atoms with Crippen LogP contribution in [0.1, 0.15) is 13.3 Å². The van der Waals surface area contributed by atoms with Crippen LogP contribution in [0.4, 0.5) is 10.8 Å². The molecule has 2 aromatic carbocycles. The Labute approximate surface area is 150 Å². The molecule has 4 rings (SSSR count). The highest BCUT2D eigenvalue weighted by atomic mass is 32.1. The molecule has 0 atom stereocenters. The van der Waals surface area contributed by atoms with E-state index >= 15 is 0 Å². The zero-order valence-corrected chi connectivity index (χ0v) is 14.6. The van der Waals surface area contributed by atoms with E-state index in [0.717, 1.165) is 52.4 Å². The number of fused-ring (bicyclic) bond motifs is 1. The first kappa shape index (κ1) is 15.8. The van der Waals surface area contributed by atoms with Crippen molar-refractivity contribution < 1.29 is 14.2 Å². The number of aromatic nitrogens is 1. The lowest BCUT2D eigenvalue weighted by Gasteiger charge is -2.05. The number of nitrogens with zero attached hydrogens (tertiary/aromatic N) is 1. The van der Waals surface area contributed by atoms with Gasteiger partial charge in [0, 0.05) is 22.7 Å². The lowest BCUT2D eigenvalue weighted by atomic mass is 10.2. The van der Waals surface area contributed by atoms with Crippen molar-refractivity contribution in [1.82, 2.24) is 4.98 Å². The molecule has 0 amide bonds. The van der Waals surface area contributed by atoms with Gasteiger partial charge in [-0.15, -0.1) is 11.3 Å². The summed E-state index contributed by atoms with van der Waals surface area (Å²) < 4.78 is 16.3. The SMILES string of the molecule is CCCOc1ccc(-c2csc(Nc3ccc4c(c3)OCO4)n2)cc1. The molecule has 1 aliphatic rings. The first-order valence-corrected chi connectivity index (χ1v) is 9.05. The summed E-state index contributed by atoms with van der Waals surface area (Å²) in [6.07, 6.45) is 1.00. The molecule has 0 fully saturated rings. The molecule has 0 spiro atoms. The van der Waals surface area contributed by atoms with Crippen LogP contribution in [0.2, 0.25) is 0 Å². The summed E-state index contributed by atoms with van der Waals surface area (Å²) in [7, 11) is 0. The highest BCUT2D eigenvalue weighted by molar-refractivity contribution is 7.14. The maximum atomic E-state index is 5.61. The molecule has 0 aliphatic carbocycles. The number of ether oxygens (including phenoxy) is 3. The number of hydrogen-bond acceptors (Lipinski definition) is 6. The molecule has 25 heavy (non-hydrogen) atoms. The van der Waals surface area contributed by atoms with Gasteiger partial charge in [0.05, 0.1) is 12.3 Å². The van der Waals surface area contributed by atoms with Crippen LogP contribution in [-0.2, 0) is 0 Å². The molecule has 6 heteroatoms. The van der Waals surface area contributed by atoms with E-state index < -0.39 is 0 Å². The van der Waals surface area contributed by atoms with Crippen LogP contribution < -0.4 is 19.5 Å². The van der Waals surface area contributed by atoms with Gasteiger partial charge in [0.1, 0.15) is 5.75 Å². The van der Waals surface area contributed by atoms with Crippen molar-refractivity contribution in [3.8, 4) is 28.5 Å². The summed E-state index contributed by atoms with van der Waals surface area (Å²) in [5, 5.41) is 6.18. The van der Waals surface area contributed by atoms with E-state index in [2.05, 4.69) is 17.2 Å². The number of nitrogens with one attached hydrogen (secondary N) is 1. The highest BCUT2D eigenvalue weighted by Crippen LogP contribution is 2.36. The maximum absolute atomic E-state index is 5.61. The first-order valence-electron chi connectivity index (χ1n) is 8.17. The number of anilines is 2. The van der Waals surface area contributed by atoms with Gasteiger partial charge < -0.3 is 19.5 Å². The smallest absolute Gasteiger partial charge is 0.231 e. The second-order valence-electron chi connectivity index (χ2n) is 5.60. The minimum atomic E-state index is 0.276. The minimum Gasteiger partial charge on any atom is -0.494 e. The number of hydrogen-bond donors (Lipinski definition) is 1. The van der Waals surface area contributed by atoms with Crippen molar-refractivity contribution in [2.24, 2.45) is 0 Å². The predicted octanol–water partition coefficient (Wildman–Crippen LogP) is 5.07. The average Bonchev–Trinajstić information content (AvgIpc) is 3.29. The summed E-state index contributed by atoms with van der Waals surface area (Å²) in [5.74, 6) is 2.42. The highest BCUT2D eigenvalue weighted by Gasteiger charge is 2.14. The van der Waals surface area contributed by atoms with Crippen LogP contribution >= 0.6 is 11.3 Å². The third kappa shape index (κ3) is 3.53. The van der Waals surface area contributed by atoms with E-state index in [1.807, 2.05) is 47.8 Å². The molecule has 0 bridgehead atoms. The van der Waals surface area contributed by atoms with Gasteiger partial charge in [0.15, 0.2) is 16.6 Å². The second-order valence-corrected chi connectivity index (χ2v) is 6.46. The van der Waals surface area contributed by atoms with Crippen LogP contribution in [0.3, 0.4) is 0 Å². The van der Waals surface area contributed by atoms with Crippen LogP contribution in [-0.4, -0.2) is 18.4 Å². The van der Waals surface area contributed by atoms with E-state index in [9.17, 15) is 0 Å². The van der Waals surface area contributed by atoms with Crippen LogP contribution in [0.5, 0.6) is 17.2 Å². The standard InChI is InChI=1S/C19H18N2O3S/c1-2-9-22-15-6-3-13(4-7-15)16-11-25-19(21-16)20-14-5-8-17-18(10-14)24-12-23-17/h3-8,10-11H,2,9,12H2,1H3,(H,20,21). The molecule has 0 saturated heterocycles. The first-order chi connectivity index (χ1) is 12.3. The van der Waals surface area contributed by atoms with Crippen molar-refractivity contribution >= 4 is 22.2 Å². The Morgan fingerprint density at radius 1 is 1.12 bits per heavy atom. The van der Waals surface area contributed by atoms with E-state index in [1.165, 1.54) is 0 Å². The van der Waals surface area contributed by atoms with Gasteiger partial charge in [-0.05, 0) is 42.8 Å². The van der Waals surface area contributed by atoms with E-state index in [0.29, 0.717) is 0 Å². The van der Waals surface area contributed by atoms with Gasteiger partial charge >= 0.3 is 0 Å². The number of thiazole rings is 1. The zero-order chi connectivity index (χ0) is 17.1. The van der Waals surface area contributed by atoms with Crippen molar-refractivity contribution in [3.63, 3.8) is 0 Å². The van der Waals surface area contributed by atoms with Crippen molar-refractivity contribution in [2.45, 2.75) is 13.3 Å². The summed E-state index contributed by atoms with van der Waals surface area (Å²) in [5.41, 5.74) is 2.93. The lowest BCUT2D eigenvalue weighted by molar-refractivity contribution is 0.174. The molecule has 1 N–H and O–H groups in total. The molecule has 0 unspecified atom stereocenters.